The second kappa shape index (κ2) is 5.94. The average Bonchev–Trinajstić information content (AvgIpc) is 3.17. The van der Waals surface area contributed by atoms with Crippen LogP contribution in [0.3, 0.4) is 0 Å². The maximum absolute atomic E-state index is 13.8. The van der Waals surface area contributed by atoms with Crippen LogP contribution in [0, 0.1) is 12.7 Å². The Hall–Kier alpha value is -2.35. The number of piperidine rings is 1. The summed E-state index contributed by atoms with van der Waals surface area (Å²) in [5, 5.41) is 13.7. The molecule has 6 nitrogen and oxygen atoms in total. The van der Waals surface area contributed by atoms with Gasteiger partial charge in [-0.2, -0.15) is 9.61 Å². The number of halogens is 1. The molecule has 0 unspecified atom stereocenters. The van der Waals surface area contributed by atoms with Crippen LogP contribution in [0.2, 0.25) is 0 Å². The Morgan fingerprint density at radius 3 is 2.71 bits per heavy atom. The van der Waals surface area contributed by atoms with Crippen molar-refractivity contribution in [2.45, 2.75) is 25.7 Å². The maximum Gasteiger partial charge on any atom is 0.256 e. The number of nitrogens with zero attached hydrogens (tertiary/aromatic N) is 5. The molecule has 1 aliphatic heterocycles. The summed E-state index contributed by atoms with van der Waals surface area (Å²) in [5.41, 5.74) is 0.144. The molecule has 0 bridgehead atoms. The summed E-state index contributed by atoms with van der Waals surface area (Å²) < 4.78 is 15.5. The van der Waals surface area contributed by atoms with Crippen molar-refractivity contribution in [3.05, 3.63) is 46.5 Å². The normalized spacial score (nSPS) is 16.0. The first-order valence-corrected chi connectivity index (χ1v) is 8.67. The van der Waals surface area contributed by atoms with Gasteiger partial charge in [-0.05, 0) is 31.9 Å². The van der Waals surface area contributed by atoms with E-state index in [0.717, 1.165) is 28.6 Å². The van der Waals surface area contributed by atoms with Gasteiger partial charge in [0.05, 0.1) is 5.56 Å². The van der Waals surface area contributed by atoms with Crippen LogP contribution in [0.25, 0.3) is 4.96 Å². The largest absolute Gasteiger partial charge is 0.339 e. The minimum absolute atomic E-state index is 0.144. The average molecular weight is 345 g/mol. The lowest BCUT2D eigenvalue weighted by Crippen LogP contribution is -2.38. The zero-order valence-corrected chi connectivity index (χ0v) is 14.0. The Morgan fingerprint density at radius 1 is 1.25 bits per heavy atom. The second-order valence-corrected chi connectivity index (χ2v) is 6.92. The van der Waals surface area contributed by atoms with E-state index in [1.807, 2.05) is 6.92 Å². The van der Waals surface area contributed by atoms with E-state index in [1.165, 1.54) is 12.1 Å². The Morgan fingerprint density at radius 2 is 2.00 bits per heavy atom. The third-order valence-corrected chi connectivity index (χ3v) is 5.46. The molecule has 0 radical (unpaired) electrons. The van der Waals surface area contributed by atoms with Crippen molar-refractivity contribution >= 4 is 22.2 Å². The highest BCUT2D eigenvalue weighted by atomic mass is 32.1. The molecule has 2 aromatic heterocycles. The van der Waals surface area contributed by atoms with Crippen molar-refractivity contribution < 1.29 is 9.18 Å². The summed E-state index contributed by atoms with van der Waals surface area (Å²) in [6.45, 7) is 3.09. The number of aromatic nitrogens is 4. The summed E-state index contributed by atoms with van der Waals surface area (Å²) in [4.78, 5) is 15.0. The van der Waals surface area contributed by atoms with Crippen LogP contribution in [-0.2, 0) is 0 Å². The van der Waals surface area contributed by atoms with Gasteiger partial charge in [-0.3, -0.25) is 4.79 Å². The summed E-state index contributed by atoms with van der Waals surface area (Å²) >= 11 is 1.55. The molecule has 124 valence electrons. The number of likely N-dealkylation sites (tertiary alicyclic amines) is 1. The van der Waals surface area contributed by atoms with Crippen LogP contribution in [-0.4, -0.2) is 43.7 Å². The van der Waals surface area contributed by atoms with Gasteiger partial charge in [0.25, 0.3) is 5.91 Å². The molecule has 0 N–H and O–H groups in total. The Bertz CT molecular complexity index is 897. The number of amides is 1. The highest BCUT2D eigenvalue weighted by molar-refractivity contribution is 7.16. The Balaban J connectivity index is 1.46. The summed E-state index contributed by atoms with van der Waals surface area (Å²) in [7, 11) is 0. The first kappa shape index (κ1) is 15.2. The summed E-state index contributed by atoms with van der Waals surface area (Å²) in [6.07, 6.45) is 1.65. The lowest BCUT2D eigenvalue weighted by Gasteiger charge is -2.31. The van der Waals surface area contributed by atoms with E-state index in [0.29, 0.717) is 19.0 Å². The van der Waals surface area contributed by atoms with Gasteiger partial charge in [0, 0.05) is 19.0 Å². The van der Waals surface area contributed by atoms with Gasteiger partial charge >= 0.3 is 0 Å². The minimum atomic E-state index is -0.464. The molecule has 1 aromatic carbocycles. The van der Waals surface area contributed by atoms with Crippen LogP contribution in [0.15, 0.2) is 24.3 Å². The fourth-order valence-electron chi connectivity index (χ4n) is 3.03. The number of rotatable bonds is 2. The van der Waals surface area contributed by atoms with Gasteiger partial charge in [0.15, 0.2) is 5.82 Å². The maximum atomic E-state index is 13.8. The van der Waals surface area contributed by atoms with Crippen LogP contribution in [0.5, 0.6) is 0 Å². The fraction of sp³-hybridized carbons (Fsp3) is 0.375. The second-order valence-electron chi connectivity index (χ2n) is 5.93. The summed E-state index contributed by atoms with van der Waals surface area (Å²) in [5.74, 6) is 0.384. The molecule has 1 saturated heterocycles. The van der Waals surface area contributed by atoms with Crippen LogP contribution < -0.4 is 0 Å². The monoisotopic (exact) mass is 345 g/mol. The van der Waals surface area contributed by atoms with Crippen molar-refractivity contribution in [1.82, 2.24) is 24.7 Å². The zero-order chi connectivity index (χ0) is 16.7. The number of fused-ring (bicyclic) bond motifs is 1. The van der Waals surface area contributed by atoms with Gasteiger partial charge in [-0.25, -0.2) is 4.39 Å². The van der Waals surface area contributed by atoms with E-state index in [4.69, 9.17) is 0 Å². The van der Waals surface area contributed by atoms with Crippen molar-refractivity contribution in [2.24, 2.45) is 0 Å². The van der Waals surface area contributed by atoms with Crippen LogP contribution >= 0.6 is 11.3 Å². The lowest BCUT2D eigenvalue weighted by molar-refractivity contribution is 0.0708. The quantitative estimate of drug-likeness (QED) is 0.716. The smallest absolute Gasteiger partial charge is 0.256 e. The number of benzene rings is 1. The molecule has 3 heterocycles. The van der Waals surface area contributed by atoms with Gasteiger partial charge in [0.1, 0.15) is 10.8 Å². The van der Waals surface area contributed by atoms with Crippen LogP contribution in [0.1, 0.15) is 39.9 Å². The molecule has 0 saturated carbocycles. The molecule has 0 aliphatic carbocycles. The minimum Gasteiger partial charge on any atom is -0.339 e. The zero-order valence-electron chi connectivity index (χ0n) is 13.1. The van der Waals surface area contributed by atoms with Crippen LogP contribution in [0.4, 0.5) is 4.39 Å². The topological polar surface area (TPSA) is 63.4 Å². The van der Waals surface area contributed by atoms with Crippen molar-refractivity contribution in [3.8, 4) is 0 Å². The third-order valence-electron chi connectivity index (χ3n) is 4.40. The van der Waals surface area contributed by atoms with Crippen molar-refractivity contribution in [3.63, 3.8) is 0 Å². The number of hydrogen-bond acceptors (Lipinski definition) is 5. The highest BCUT2D eigenvalue weighted by Gasteiger charge is 2.28. The highest BCUT2D eigenvalue weighted by Crippen LogP contribution is 2.31. The number of hydrogen-bond donors (Lipinski definition) is 0. The number of carbonyl (C=O) groups excluding carboxylic acids is 1. The molecule has 8 heteroatoms. The van der Waals surface area contributed by atoms with Crippen molar-refractivity contribution in [1.29, 1.82) is 0 Å². The third kappa shape index (κ3) is 2.56. The number of aryl methyl sites for hydroxylation is 1. The molecule has 0 atom stereocenters. The molecule has 24 heavy (non-hydrogen) atoms. The summed E-state index contributed by atoms with van der Waals surface area (Å²) in [6, 6.07) is 6.13. The van der Waals surface area contributed by atoms with Gasteiger partial charge in [-0.1, -0.05) is 23.5 Å². The van der Waals surface area contributed by atoms with Gasteiger partial charge in [-0.15, -0.1) is 10.2 Å². The first-order chi connectivity index (χ1) is 11.6. The molecule has 3 aromatic rings. The van der Waals surface area contributed by atoms with Crippen molar-refractivity contribution in [2.75, 3.05) is 13.1 Å². The molecule has 4 rings (SSSR count). The SMILES string of the molecule is Cc1nnc2sc(C3CCN(C(=O)c4ccccc4F)CC3)nn12. The van der Waals surface area contributed by atoms with Gasteiger partial charge < -0.3 is 4.90 Å². The predicted octanol–water partition coefficient (Wildman–Crippen LogP) is 2.65. The Labute approximate surface area is 141 Å². The van der Waals surface area contributed by atoms with E-state index in [1.54, 1.807) is 32.9 Å². The van der Waals surface area contributed by atoms with Gasteiger partial charge in [0.2, 0.25) is 4.96 Å². The standard InChI is InChI=1S/C16H16FN5OS/c1-10-18-19-16-22(10)20-14(24-16)11-6-8-21(9-7-11)15(23)12-4-2-3-5-13(12)17/h2-5,11H,6-9H2,1H3. The molecule has 0 spiro atoms. The lowest BCUT2D eigenvalue weighted by atomic mass is 9.97. The molecular formula is C16H16FN5OS. The molecule has 1 fully saturated rings. The Kier molecular flexibility index (Phi) is 3.76. The van der Waals surface area contributed by atoms with E-state index in [2.05, 4.69) is 15.3 Å². The number of carbonyl (C=O) groups is 1. The van der Waals surface area contributed by atoms with E-state index >= 15 is 0 Å². The fourth-order valence-corrected chi connectivity index (χ4v) is 4.08. The van der Waals surface area contributed by atoms with E-state index < -0.39 is 5.82 Å². The molecule has 1 amide bonds. The molecular weight excluding hydrogens is 329 g/mol. The van der Waals surface area contributed by atoms with E-state index in [9.17, 15) is 9.18 Å². The predicted molar refractivity (Wildman–Crippen MR) is 87.7 cm³/mol. The first-order valence-electron chi connectivity index (χ1n) is 7.86. The van der Waals surface area contributed by atoms with E-state index in [-0.39, 0.29) is 11.5 Å². The molecule has 1 aliphatic rings.